The van der Waals surface area contributed by atoms with Crippen LogP contribution in [-0.2, 0) is 0 Å². The molecule has 0 fully saturated rings. The molecule has 0 bridgehead atoms. The molecule has 0 aliphatic heterocycles. The Balaban J connectivity index is 2.23. The van der Waals surface area contributed by atoms with Gasteiger partial charge < -0.3 is 10.1 Å². The zero-order valence-corrected chi connectivity index (χ0v) is 12.8. The fourth-order valence-corrected chi connectivity index (χ4v) is 2.51. The summed E-state index contributed by atoms with van der Waals surface area (Å²) in [5, 5.41) is 2.89. The molecule has 0 saturated carbocycles. The summed E-state index contributed by atoms with van der Waals surface area (Å²) in [6, 6.07) is 10.6. The van der Waals surface area contributed by atoms with Crippen molar-refractivity contribution in [3.63, 3.8) is 0 Å². The summed E-state index contributed by atoms with van der Waals surface area (Å²) in [7, 11) is 0. The molecule has 3 nitrogen and oxygen atoms in total. The molecule has 110 valence electrons. The Kier molecular flexibility index (Phi) is 5.14. The Labute approximate surface area is 133 Å². The molecule has 21 heavy (non-hydrogen) atoms. The molecule has 1 amide bonds. The summed E-state index contributed by atoms with van der Waals surface area (Å²) >= 11 is 9.09. The molecule has 0 radical (unpaired) electrons. The maximum absolute atomic E-state index is 12.3. The van der Waals surface area contributed by atoms with Crippen molar-refractivity contribution in [1.82, 2.24) is 0 Å². The van der Waals surface area contributed by atoms with Gasteiger partial charge in [-0.05, 0) is 30.3 Å². The van der Waals surface area contributed by atoms with Gasteiger partial charge in [0.05, 0.1) is 5.69 Å². The third kappa shape index (κ3) is 4.41. The van der Waals surface area contributed by atoms with E-state index >= 15 is 0 Å². The molecule has 0 unspecified atom stereocenters. The minimum absolute atomic E-state index is 0.109. The Morgan fingerprint density at radius 3 is 2.62 bits per heavy atom. The Morgan fingerprint density at radius 2 is 1.95 bits per heavy atom. The maximum Gasteiger partial charge on any atom is 0.387 e. The molecule has 0 atom stereocenters. The molecule has 0 saturated heterocycles. The Morgan fingerprint density at radius 1 is 1.24 bits per heavy atom. The highest BCUT2D eigenvalue weighted by molar-refractivity contribution is 9.10. The quantitative estimate of drug-likeness (QED) is 0.819. The number of alkyl halides is 2. The highest BCUT2D eigenvalue weighted by Crippen LogP contribution is 2.27. The molecular formula is C14H9BrClF2NO2. The van der Waals surface area contributed by atoms with Gasteiger partial charge in [-0.1, -0.05) is 39.7 Å². The van der Waals surface area contributed by atoms with Crippen molar-refractivity contribution in [2.75, 3.05) is 5.32 Å². The smallest absolute Gasteiger partial charge is 0.387 e. The summed E-state index contributed by atoms with van der Waals surface area (Å²) in [6.07, 6.45) is 0. The second-order valence-electron chi connectivity index (χ2n) is 3.99. The molecule has 0 aliphatic rings. The van der Waals surface area contributed by atoms with E-state index < -0.39 is 12.5 Å². The van der Waals surface area contributed by atoms with Crippen molar-refractivity contribution in [3.05, 3.63) is 57.5 Å². The highest BCUT2D eigenvalue weighted by Gasteiger charge is 2.13. The molecule has 2 rings (SSSR count). The predicted molar refractivity (Wildman–Crippen MR) is 80.2 cm³/mol. The molecule has 0 aromatic heterocycles. The van der Waals surface area contributed by atoms with Crippen LogP contribution in [0.1, 0.15) is 10.4 Å². The number of nitrogens with one attached hydrogen (secondary N) is 1. The number of carbonyl (C=O) groups is 1. The van der Waals surface area contributed by atoms with Crippen LogP contribution in [0.4, 0.5) is 14.5 Å². The first-order valence-electron chi connectivity index (χ1n) is 5.77. The number of anilines is 1. The van der Waals surface area contributed by atoms with Gasteiger partial charge in [-0.25, -0.2) is 0 Å². The van der Waals surface area contributed by atoms with Crippen LogP contribution < -0.4 is 10.1 Å². The number of para-hydroxylation sites is 2. The molecule has 1 N–H and O–H groups in total. The predicted octanol–water partition coefficient (Wildman–Crippen LogP) is 4.96. The van der Waals surface area contributed by atoms with Crippen molar-refractivity contribution in [1.29, 1.82) is 0 Å². The fraction of sp³-hybridized carbons (Fsp3) is 0.0714. The average molecular weight is 377 g/mol. The number of carbonyl (C=O) groups excluding carboxylic acids is 1. The number of benzene rings is 2. The van der Waals surface area contributed by atoms with Gasteiger partial charge in [0.1, 0.15) is 5.75 Å². The van der Waals surface area contributed by atoms with Crippen molar-refractivity contribution in [2.45, 2.75) is 6.61 Å². The van der Waals surface area contributed by atoms with Crippen LogP contribution in [0.2, 0.25) is 5.02 Å². The van der Waals surface area contributed by atoms with Gasteiger partial charge in [0.2, 0.25) is 0 Å². The van der Waals surface area contributed by atoms with Crippen molar-refractivity contribution < 1.29 is 18.3 Å². The van der Waals surface area contributed by atoms with E-state index in [-0.39, 0.29) is 11.4 Å². The number of ether oxygens (including phenoxy) is 1. The zero-order valence-electron chi connectivity index (χ0n) is 10.4. The first-order chi connectivity index (χ1) is 9.95. The van der Waals surface area contributed by atoms with E-state index in [1.165, 1.54) is 24.3 Å². The Hall–Kier alpha value is -1.66. The van der Waals surface area contributed by atoms with Gasteiger partial charge >= 0.3 is 6.61 Å². The first-order valence-corrected chi connectivity index (χ1v) is 6.94. The molecular weight excluding hydrogens is 368 g/mol. The van der Waals surface area contributed by atoms with E-state index in [4.69, 9.17) is 11.6 Å². The van der Waals surface area contributed by atoms with Crippen LogP contribution in [0.25, 0.3) is 0 Å². The summed E-state index contributed by atoms with van der Waals surface area (Å²) in [6.45, 7) is -2.97. The number of rotatable bonds is 4. The van der Waals surface area contributed by atoms with Crippen molar-refractivity contribution in [3.8, 4) is 5.75 Å². The second-order valence-corrected chi connectivity index (χ2v) is 5.34. The van der Waals surface area contributed by atoms with Crippen LogP contribution >= 0.6 is 27.5 Å². The van der Waals surface area contributed by atoms with Crippen molar-refractivity contribution >= 4 is 39.1 Å². The lowest BCUT2D eigenvalue weighted by Gasteiger charge is -2.12. The maximum atomic E-state index is 12.3. The van der Waals surface area contributed by atoms with Crippen LogP contribution in [0.15, 0.2) is 46.9 Å². The lowest BCUT2D eigenvalue weighted by Crippen LogP contribution is -2.14. The molecule has 0 spiro atoms. The van der Waals surface area contributed by atoms with E-state index in [2.05, 4.69) is 26.0 Å². The topological polar surface area (TPSA) is 38.3 Å². The highest BCUT2D eigenvalue weighted by atomic mass is 79.9. The normalized spacial score (nSPS) is 10.5. The van der Waals surface area contributed by atoms with Gasteiger partial charge in [-0.2, -0.15) is 8.78 Å². The van der Waals surface area contributed by atoms with Gasteiger partial charge in [0.25, 0.3) is 5.91 Å². The minimum atomic E-state index is -2.97. The van der Waals surface area contributed by atoms with E-state index in [1.807, 2.05) is 0 Å². The second kappa shape index (κ2) is 6.87. The Bertz CT molecular complexity index is 647. The number of amides is 1. The van der Waals surface area contributed by atoms with Crippen LogP contribution in [0, 0.1) is 0 Å². The molecule has 7 heteroatoms. The number of halogens is 4. The third-order valence-electron chi connectivity index (χ3n) is 2.48. The average Bonchev–Trinajstić information content (AvgIpc) is 2.39. The van der Waals surface area contributed by atoms with Gasteiger partial charge in [-0.15, -0.1) is 0 Å². The molecule has 2 aromatic carbocycles. The molecule has 0 heterocycles. The summed E-state index contributed by atoms with van der Waals surface area (Å²) in [5.74, 6) is -0.592. The van der Waals surface area contributed by atoms with Gasteiger partial charge in [0, 0.05) is 15.1 Å². The summed E-state index contributed by atoms with van der Waals surface area (Å²) in [4.78, 5) is 12.1. The third-order valence-corrected chi connectivity index (χ3v) is 3.15. The zero-order chi connectivity index (χ0) is 15.4. The van der Waals surface area contributed by atoms with Crippen molar-refractivity contribution in [2.24, 2.45) is 0 Å². The van der Waals surface area contributed by atoms with Crippen LogP contribution in [-0.4, -0.2) is 12.5 Å². The molecule has 0 aliphatic carbocycles. The largest absolute Gasteiger partial charge is 0.433 e. The van der Waals surface area contributed by atoms with Gasteiger partial charge in [-0.3, -0.25) is 4.79 Å². The first kappa shape index (κ1) is 15.7. The van der Waals surface area contributed by atoms with E-state index in [0.29, 0.717) is 15.1 Å². The van der Waals surface area contributed by atoms with E-state index in [9.17, 15) is 13.6 Å². The minimum Gasteiger partial charge on any atom is -0.433 e. The van der Waals surface area contributed by atoms with E-state index in [0.717, 1.165) is 0 Å². The fourth-order valence-electron chi connectivity index (χ4n) is 1.65. The van der Waals surface area contributed by atoms with Crippen LogP contribution in [0.3, 0.4) is 0 Å². The standard InChI is InChI=1S/C14H9BrClF2NO2/c15-9-5-8(6-10(16)7-9)13(20)19-11-3-1-2-4-12(11)21-14(17)18/h1-7,14H,(H,19,20). The SMILES string of the molecule is O=C(Nc1ccccc1OC(F)F)c1cc(Cl)cc(Br)c1. The monoisotopic (exact) mass is 375 g/mol. The number of hydrogen-bond donors (Lipinski definition) is 1. The molecule has 2 aromatic rings. The number of hydrogen-bond acceptors (Lipinski definition) is 2. The van der Waals surface area contributed by atoms with E-state index in [1.54, 1.807) is 18.2 Å². The summed E-state index contributed by atoms with van der Waals surface area (Å²) in [5.41, 5.74) is 0.445. The lowest BCUT2D eigenvalue weighted by molar-refractivity contribution is -0.0493. The van der Waals surface area contributed by atoms with Gasteiger partial charge in [0.15, 0.2) is 0 Å². The summed E-state index contributed by atoms with van der Waals surface area (Å²) < 4.78 is 29.6. The van der Waals surface area contributed by atoms with Crippen LogP contribution in [0.5, 0.6) is 5.75 Å². The lowest BCUT2D eigenvalue weighted by atomic mass is 10.2.